The molecule has 0 spiro atoms. The van der Waals surface area contributed by atoms with Crippen LogP contribution in [0.2, 0.25) is 0 Å². The van der Waals surface area contributed by atoms with Crippen LogP contribution in [0.1, 0.15) is 32.1 Å². The predicted octanol–water partition coefficient (Wildman–Crippen LogP) is 2.20. The molecule has 3 saturated carbocycles. The molecule has 0 amide bonds. The van der Waals surface area contributed by atoms with Crippen molar-refractivity contribution in [1.82, 2.24) is 0 Å². The first kappa shape index (κ1) is 7.14. The van der Waals surface area contributed by atoms with E-state index in [0.717, 1.165) is 11.8 Å². The van der Waals surface area contributed by atoms with Gasteiger partial charge in [-0.3, -0.25) is 0 Å². The Morgan fingerprint density at radius 3 is 2.45 bits per heavy atom. The first-order chi connectivity index (χ1) is 5.40. The quantitative estimate of drug-likeness (QED) is 0.529. The minimum atomic E-state index is 0.764. The van der Waals surface area contributed by atoms with Gasteiger partial charge in [0.05, 0.1) is 5.71 Å². The van der Waals surface area contributed by atoms with E-state index in [0.29, 0.717) is 0 Å². The number of fused-ring (bicyclic) bond motifs is 3. The zero-order chi connectivity index (χ0) is 7.68. The molecule has 62 valence electrons. The minimum Gasteiger partial charge on any atom is -0.399 e. The first-order valence-corrected chi connectivity index (χ1v) is 4.50. The van der Waals surface area contributed by atoms with Crippen LogP contribution in [-0.2, 0) is 4.84 Å². The molecular formula is C9H15NO. The lowest BCUT2D eigenvalue weighted by molar-refractivity contribution is 0.197. The molecule has 2 heteroatoms. The average Bonchev–Trinajstić information content (AvgIpc) is 2.07. The van der Waals surface area contributed by atoms with Crippen LogP contribution in [0, 0.1) is 11.8 Å². The average molecular weight is 153 g/mol. The van der Waals surface area contributed by atoms with Gasteiger partial charge in [-0.05, 0) is 38.0 Å². The van der Waals surface area contributed by atoms with Crippen molar-refractivity contribution in [3.63, 3.8) is 0 Å². The summed E-state index contributed by atoms with van der Waals surface area (Å²) < 4.78 is 0. The topological polar surface area (TPSA) is 21.6 Å². The van der Waals surface area contributed by atoms with Gasteiger partial charge in [-0.15, -0.1) is 0 Å². The van der Waals surface area contributed by atoms with Gasteiger partial charge in [0, 0.05) is 5.92 Å². The molecule has 0 N–H and O–H groups in total. The summed E-state index contributed by atoms with van der Waals surface area (Å²) in [6.45, 7) is 0. The molecule has 0 saturated heterocycles. The molecule has 0 aromatic heterocycles. The SMILES string of the molecule is CO/N=C1\CC2CCC1CC2. The van der Waals surface area contributed by atoms with Gasteiger partial charge in [0.25, 0.3) is 0 Å². The molecule has 0 radical (unpaired) electrons. The van der Waals surface area contributed by atoms with Crippen LogP contribution in [0.3, 0.4) is 0 Å². The maximum Gasteiger partial charge on any atom is 0.106 e. The Kier molecular flexibility index (Phi) is 1.84. The largest absolute Gasteiger partial charge is 0.399 e. The normalized spacial score (nSPS) is 39.5. The van der Waals surface area contributed by atoms with E-state index in [2.05, 4.69) is 5.16 Å². The van der Waals surface area contributed by atoms with Gasteiger partial charge in [-0.1, -0.05) is 5.16 Å². The summed E-state index contributed by atoms with van der Waals surface area (Å²) in [5.74, 6) is 1.69. The second-order valence-electron chi connectivity index (χ2n) is 3.69. The smallest absolute Gasteiger partial charge is 0.106 e. The van der Waals surface area contributed by atoms with Crippen molar-refractivity contribution >= 4 is 5.71 Å². The van der Waals surface area contributed by atoms with E-state index in [1.54, 1.807) is 7.11 Å². The van der Waals surface area contributed by atoms with Crippen molar-refractivity contribution in [2.75, 3.05) is 7.11 Å². The molecule has 0 aromatic carbocycles. The van der Waals surface area contributed by atoms with E-state index < -0.39 is 0 Å². The molecule has 0 atom stereocenters. The molecule has 2 bridgehead atoms. The van der Waals surface area contributed by atoms with Crippen molar-refractivity contribution in [2.45, 2.75) is 32.1 Å². The summed E-state index contributed by atoms with van der Waals surface area (Å²) >= 11 is 0. The summed E-state index contributed by atoms with van der Waals surface area (Å²) in [6.07, 6.45) is 6.76. The molecule has 3 aliphatic carbocycles. The summed E-state index contributed by atoms with van der Waals surface area (Å²) in [7, 11) is 1.65. The number of hydrogen-bond donors (Lipinski definition) is 0. The van der Waals surface area contributed by atoms with Crippen LogP contribution >= 0.6 is 0 Å². The van der Waals surface area contributed by atoms with E-state index in [1.165, 1.54) is 37.8 Å². The highest BCUT2D eigenvalue weighted by atomic mass is 16.6. The number of rotatable bonds is 1. The molecule has 3 rings (SSSR count). The third-order valence-corrected chi connectivity index (χ3v) is 3.02. The molecule has 3 fully saturated rings. The second-order valence-corrected chi connectivity index (χ2v) is 3.69. The van der Waals surface area contributed by atoms with Crippen LogP contribution in [0.25, 0.3) is 0 Å². The molecule has 0 aliphatic heterocycles. The minimum absolute atomic E-state index is 0.764. The predicted molar refractivity (Wildman–Crippen MR) is 44.5 cm³/mol. The van der Waals surface area contributed by atoms with Gasteiger partial charge < -0.3 is 4.84 Å². The van der Waals surface area contributed by atoms with Crippen molar-refractivity contribution in [3.8, 4) is 0 Å². The van der Waals surface area contributed by atoms with E-state index in [4.69, 9.17) is 4.84 Å². The van der Waals surface area contributed by atoms with Gasteiger partial charge in [0.15, 0.2) is 0 Å². The van der Waals surface area contributed by atoms with E-state index in [1.807, 2.05) is 0 Å². The highest BCUT2D eigenvalue weighted by molar-refractivity contribution is 5.87. The van der Waals surface area contributed by atoms with Gasteiger partial charge in [0.2, 0.25) is 0 Å². The lowest BCUT2D eigenvalue weighted by Gasteiger charge is -2.36. The molecule has 0 unspecified atom stereocenters. The van der Waals surface area contributed by atoms with Crippen LogP contribution in [0.5, 0.6) is 0 Å². The standard InChI is InChI=1S/C9H15NO/c1-11-10-9-6-7-2-4-8(9)5-3-7/h7-8H,2-6H2,1H3/b10-9+. The fourth-order valence-corrected chi connectivity index (χ4v) is 2.39. The van der Waals surface area contributed by atoms with Gasteiger partial charge >= 0.3 is 0 Å². The Bertz CT molecular complexity index is 168. The Morgan fingerprint density at radius 2 is 2.00 bits per heavy atom. The molecule has 3 aliphatic rings. The maximum absolute atomic E-state index is 4.82. The molecule has 11 heavy (non-hydrogen) atoms. The number of oxime groups is 1. The first-order valence-electron chi connectivity index (χ1n) is 4.50. The van der Waals surface area contributed by atoms with Gasteiger partial charge in [-0.2, -0.15) is 0 Å². The Labute approximate surface area is 67.6 Å². The summed E-state index contributed by atoms with van der Waals surface area (Å²) in [5, 5.41) is 4.08. The molecular weight excluding hydrogens is 138 g/mol. The zero-order valence-corrected chi connectivity index (χ0v) is 7.05. The van der Waals surface area contributed by atoms with Crippen LogP contribution < -0.4 is 0 Å². The highest BCUT2D eigenvalue weighted by Crippen LogP contribution is 2.39. The van der Waals surface area contributed by atoms with Gasteiger partial charge in [-0.25, -0.2) is 0 Å². The van der Waals surface area contributed by atoms with Crippen LogP contribution in [-0.4, -0.2) is 12.8 Å². The third kappa shape index (κ3) is 1.26. The monoisotopic (exact) mass is 153 g/mol. The van der Waals surface area contributed by atoms with Gasteiger partial charge in [0.1, 0.15) is 7.11 Å². The fraction of sp³-hybridized carbons (Fsp3) is 0.889. The molecule has 0 aromatic rings. The van der Waals surface area contributed by atoms with Crippen molar-refractivity contribution in [3.05, 3.63) is 0 Å². The summed E-state index contributed by atoms with van der Waals surface area (Å²) in [5.41, 5.74) is 1.33. The number of nitrogens with zero attached hydrogens (tertiary/aromatic N) is 1. The highest BCUT2D eigenvalue weighted by Gasteiger charge is 2.32. The van der Waals surface area contributed by atoms with Crippen molar-refractivity contribution in [2.24, 2.45) is 17.0 Å². The molecule has 2 nitrogen and oxygen atoms in total. The van der Waals surface area contributed by atoms with E-state index in [9.17, 15) is 0 Å². The maximum atomic E-state index is 4.82. The van der Waals surface area contributed by atoms with E-state index in [-0.39, 0.29) is 0 Å². The summed E-state index contributed by atoms with van der Waals surface area (Å²) in [4.78, 5) is 4.82. The van der Waals surface area contributed by atoms with E-state index >= 15 is 0 Å². The second kappa shape index (κ2) is 2.84. The Balaban J connectivity index is 2.08. The van der Waals surface area contributed by atoms with Crippen LogP contribution in [0.15, 0.2) is 5.16 Å². The third-order valence-electron chi connectivity index (χ3n) is 3.02. The lowest BCUT2D eigenvalue weighted by Crippen LogP contribution is -2.31. The van der Waals surface area contributed by atoms with Crippen molar-refractivity contribution < 1.29 is 4.84 Å². The van der Waals surface area contributed by atoms with Crippen LogP contribution in [0.4, 0.5) is 0 Å². The summed E-state index contributed by atoms with van der Waals surface area (Å²) in [6, 6.07) is 0. The Morgan fingerprint density at radius 1 is 1.27 bits per heavy atom. The Hall–Kier alpha value is -0.530. The lowest BCUT2D eigenvalue weighted by atomic mass is 9.70. The fourth-order valence-electron chi connectivity index (χ4n) is 2.39. The van der Waals surface area contributed by atoms with Crippen molar-refractivity contribution in [1.29, 1.82) is 0 Å². The molecule has 0 heterocycles. The number of hydrogen-bond acceptors (Lipinski definition) is 2. The zero-order valence-electron chi connectivity index (χ0n) is 7.05.